The Bertz CT molecular complexity index is 814. The van der Waals surface area contributed by atoms with E-state index in [4.69, 9.17) is 0 Å². The molecule has 0 bridgehead atoms. The van der Waals surface area contributed by atoms with Gasteiger partial charge in [-0.3, -0.25) is 19.6 Å². The standard InChI is InChI=1S/C21H30N6O2/c1-4-16-7-5-6-8-18(16)24-19(28)13-26(3)21(29)15(2)27-11-9-17(10-12-27)20-22-14-23-25-20/h5-8,14-15,17H,4,9-13H2,1-3H3,(H,24,28)(H,22,23,25)/t15-/m1/s1. The van der Waals surface area contributed by atoms with E-state index in [0.717, 1.165) is 49.4 Å². The molecule has 156 valence electrons. The fourth-order valence-corrected chi connectivity index (χ4v) is 3.88. The highest BCUT2D eigenvalue weighted by molar-refractivity contribution is 5.95. The number of H-pyrrole nitrogens is 1. The summed E-state index contributed by atoms with van der Waals surface area (Å²) in [6, 6.07) is 7.48. The number of piperidine rings is 1. The Labute approximate surface area is 171 Å². The number of hydrogen-bond donors (Lipinski definition) is 2. The molecule has 3 rings (SSSR count). The summed E-state index contributed by atoms with van der Waals surface area (Å²) in [4.78, 5) is 33.2. The topological polar surface area (TPSA) is 94.2 Å². The second kappa shape index (κ2) is 9.65. The average molecular weight is 399 g/mol. The third-order valence-electron chi connectivity index (χ3n) is 5.68. The summed E-state index contributed by atoms with van der Waals surface area (Å²) in [5, 5.41) is 9.79. The van der Waals surface area contributed by atoms with E-state index in [-0.39, 0.29) is 24.4 Å². The summed E-state index contributed by atoms with van der Waals surface area (Å²) in [6.45, 7) is 5.64. The number of aromatic amines is 1. The van der Waals surface area contributed by atoms with Gasteiger partial charge in [-0.15, -0.1) is 0 Å². The second-order valence-corrected chi connectivity index (χ2v) is 7.61. The lowest BCUT2D eigenvalue weighted by atomic mass is 9.95. The van der Waals surface area contributed by atoms with Gasteiger partial charge in [-0.1, -0.05) is 25.1 Å². The molecule has 0 radical (unpaired) electrons. The zero-order chi connectivity index (χ0) is 20.8. The highest BCUT2D eigenvalue weighted by Gasteiger charge is 2.30. The van der Waals surface area contributed by atoms with Crippen LogP contribution in [0, 0.1) is 0 Å². The van der Waals surface area contributed by atoms with Gasteiger partial charge in [-0.2, -0.15) is 5.10 Å². The number of likely N-dealkylation sites (tertiary alicyclic amines) is 1. The van der Waals surface area contributed by atoms with E-state index < -0.39 is 0 Å². The maximum Gasteiger partial charge on any atom is 0.243 e. The molecule has 1 aromatic heterocycles. The predicted octanol–water partition coefficient (Wildman–Crippen LogP) is 2.03. The number of aromatic nitrogens is 3. The first-order chi connectivity index (χ1) is 14.0. The lowest BCUT2D eigenvalue weighted by Crippen LogP contribution is -2.49. The number of amides is 2. The molecule has 8 heteroatoms. The van der Waals surface area contributed by atoms with Crippen LogP contribution < -0.4 is 5.32 Å². The van der Waals surface area contributed by atoms with E-state index in [0.29, 0.717) is 5.92 Å². The molecular formula is C21H30N6O2. The van der Waals surface area contributed by atoms with Gasteiger partial charge in [-0.05, 0) is 50.9 Å². The van der Waals surface area contributed by atoms with E-state index in [1.54, 1.807) is 7.05 Å². The van der Waals surface area contributed by atoms with Crippen LogP contribution in [0.1, 0.15) is 44.0 Å². The maximum atomic E-state index is 12.8. The number of benzene rings is 1. The Morgan fingerprint density at radius 2 is 2.03 bits per heavy atom. The summed E-state index contributed by atoms with van der Waals surface area (Å²) < 4.78 is 0. The van der Waals surface area contributed by atoms with Crippen LogP contribution in [0.15, 0.2) is 30.6 Å². The molecule has 8 nitrogen and oxygen atoms in total. The van der Waals surface area contributed by atoms with Gasteiger partial charge in [0, 0.05) is 18.7 Å². The molecule has 0 saturated carbocycles. The van der Waals surface area contributed by atoms with E-state index >= 15 is 0 Å². The fraction of sp³-hybridized carbons (Fsp3) is 0.524. The lowest BCUT2D eigenvalue weighted by Gasteiger charge is -2.36. The van der Waals surface area contributed by atoms with Crippen LogP contribution in [0.3, 0.4) is 0 Å². The van der Waals surface area contributed by atoms with Gasteiger partial charge in [0.2, 0.25) is 11.8 Å². The van der Waals surface area contributed by atoms with Crippen molar-refractivity contribution in [1.29, 1.82) is 0 Å². The summed E-state index contributed by atoms with van der Waals surface area (Å²) in [7, 11) is 1.69. The van der Waals surface area contributed by atoms with E-state index in [9.17, 15) is 9.59 Å². The molecular weight excluding hydrogens is 368 g/mol. The Hall–Kier alpha value is -2.74. The molecule has 1 saturated heterocycles. The molecule has 2 N–H and O–H groups in total. The highest BCUT2D eigenvalue weighted by Crippen LogP contribution is 2.26. The van der Waals surface area contributed by atoms with Crippen molar-refractivity contribution in [3.8, 4) is 0 Å². The van der Waals surface area contributed by atoms with Gasteiger partial charge in [0.1, 0.15) is 12.2 Å². The third-order valence-corrected chi connectivity index (χ3v) is 5.68. The Morgan fingerprint density at radius 3 is 2.69 bits per heavy atom. The quantitative estimate of drug-likeness (QED) is 0.744. The van der Waals surface area contributed by atoms with Crippen molar-refractivity contribution in [2.75, 3.05) is 32.0 Å². The molecule has 29 heavy (non-hydrogen) atoms. The number of hydrogen-bond acceptors (Lipinski definition) is 5. The number of aryl methyl sites for hydroxylation is 1. The molecule has 0 unspecified atom stereocenters. The zero-order valence-corrected chi connectivity index (χ0v) is 17.4. The normalized spacial score (nSPS) is 16.4. The smallest absolute Gasteiger partial charge is 0.243 e. The summed E-state index contributed by atoms with van der Waals surface area (Å²) >= 11 is 0. The minimum Gasteiger partial charge on any atom is -0.335 e. The van der Waals surface area contributed by atoms with Crippen LogP contribution in [-0.4, -0.2) is 69.5 Å². The van der Waals surface area contributed by atoms with E-state index in [1.807, 2.05) is 38.1 Å². The molecule has 2 heterocycles. The number of carbonyl (C=O) groups is 2. The molecule has 2 amide bonds. The Balaban J connectivity index is 1.49. The molecule has 0 aliphatic carbocycles. The summed E-state index contributed by atoms with van der Waals surface area (Å²) in [5.74, 6) is 1.06. The van der Waals surface area contributed by atoms with Crippen molar-refractivity contribution in [2.24, 2.45) is 0 Å². The molecule has 0 spiro atoms. The number of nitrogens with one attached hydrogen (secondary N) is 2. The molecule has 2 aromatic rings. The molecule has 1 aromatic carbocycles. The third kappa shape index (κ3) is 5.20. The van der Waals surface area contributed by atoms with Gasteiger partial charge < -0.3 is 10.2 Å². The number of carbonyl (C=O) groups excluding carboxylic acids is 2. The summed E-state index contributed by atoms with van der Waals surface area (Å²) in [6.07, 6.45) is 4.24. The van der Waals surface area contributed by atoms with Gasteiger partial charge in [0.25, 0.3) is 0 Å². The highest BCUT2D eigenvalue weighted by atomic mass is 16.2. The Morgan fingerprint density at radius 1 is 1.31 bits per heavy atom. The van der Waals surface area contributed by atoms with Crippen LogP contribution in [-0.2, 0) is 16.0 Å². The van der Waals surface area contributed by atoms with Gasteiger partial charge in [0.15, 0.2) is 0 Å². The van der Waals surface area contributed by atoms with Crippen LogP contribution >= 0.6 is 0 Å². The van der Waals surface area contributed by atoms with Crippen LogP contribution in [0.5, 0.6) is 0 Å². The number of para-hydroxylation sites is 1. The van der Waals surface area contributed by atoms with Crippen LogP contribution in [0.25, 0.3) is 0 Å². The summed E-state index contributed by atoms with van der Waals surface area (Å²) in [5.41, 5.74) is 1.89. The minimum atomic E-state index is -0.258. The molecule has 1 atom stereocenters. The number of rotatable bonds is 7. The van der Waals surface area contributed by atoms with Gasteiger partial charge >= 0.3 is 0 Å². The van der Waals surface area contributed by atoms with Crippen molar-refractivity contribution >= 4 is 17.5 Å². The predicted molar refractivity (Wildman–Crippen MR) is 111 cm³/mol. The lowest BCUT2D eigenvalue weighted by molar-refractivity contribution is -0.138. The van der Waals surface area contributed by atoms with Gasteiger partial charge in [0.05, 0.1) is 12.6 Å². The van der Waals surface area contributed by atoms with Crippen molar-refractivity contribution in [3.63, 3.8) is 0 Å². The first-order valence-electron chi connectivity index (χ1n) is 10.2. The van der Waals surface area contributed by atoms with Gasteiger partial charge in [-0.25, -0.2) is 4.98 Å². The van der Waals surface area contributed by atoms with Crippen LogP contribution in [0.4, 0.5) is 5.69 Å². The maximum absolute atomic E-state index is 12.8. The zero-order valence-electron chi connectivity index (χ0n) is 17.4. The van der Waals surface area contributed by atoms with Crippen LogP contribution in [0.2, 0.25) is 0 Å². The number of nitrogens with zero attached hydrogens (tertiary/aromatic N) is 4. The average Bonchev–Trinajstić information content (AvgIpc) is 3.28. The first kappa shape index (κ1) is 21.0. The van der Waals surface area contributed by atoms with Crippen molar-refractivity contribution in [1.82, 2.24) is 25.0 Å². The first-order valence-corrected chi connectivity index (χ1v) is 10.2. The van der Waals surface area contributed by atoms with Crippen molar-refractivity contribution < 1.29 is 9.59 Å². The Kier molecular flexibility index (Phi) is 6.98. The monoisotopic (exact) mass is 398 g/mol. The SMILES string of the molecule is CCc1ccccc1NC(=O)CN(C)C(=O)[C@@H](C)N1CCC(c2ncn[nH]2)CC1. The largest absolute Gasteiger partial charge is 0.335 e. The molecule has 1 aliphatic rings. The van der Waals surface area contributed by atoms with Crippen molar-refractivity contribution in [3.05, 3.63) is 42.0 Å². The molecule has 1 aliphatic heterocycles. The van der Waals surface area contributed by atoms with E-state index in [2.05, 4.69) is 25.4 Å². The number of anilines is 1. The minimum absolute atomic E-state index is 0.0375. The molecule has 1 fully saturated rings. The fourth-order valence-electron chi connectivity index (χ4n) is 3.88. The number of likely N-dealkylation sites (N-methyl/N-ethyl adjacent to an activating group) is 1. The van der Waals surface area contributed by atoms with Crippen molar-refractivity contribution in [2.45, 2.75) is 45.1 Å². The van der Waals surface area contributed by atoms with E-state index in [1.165, 1.54) is 11.2 Å². The second-order valence-electron chi connectivity index (χ2n) is 7.61.